The van der Waals surface area contributed by atoms with Gasteiger partial charge in [-0.1, -0.05) is 0 Å². The van der Waals surface area contributed by atoms with Gasteiger partial charge in [0.25, 0.3) is 0 Å². The first-order valence-electron chi connectivity index (χ1n) is 4.83. The van der Waals surface area contributed by atoms with Gasteiger partial charge in [-0.2, -0.15) is 0 Å². The van der Waals surface area contributed by atoms with E-state index in [-0.39, 0.29) is 18.7 Å². The first-order chi connectivity index (χ1) is 6.29. The summed E-state index contributed by atoms with van der Waals surface area (Å²) < 4.78 is 4.89. The van der Waals surface area contributed by atoms with Gasteiger partial charge in [-0.3, -0.25) is 0 Å². The number of ether oxygens (including phenoxy) is 1. The van der Waals surface area contributed by atoms with Crippen molar-refractivity contribution in [1.29, 1.82) is 0 Å². The normalized spacial score (nSPS) is 22.9. The molecular weight excluding hydrogens is 170 g/mol. The van der Waals surface area contributed by atoms with Gasteiger partial charge in [0.2, 0.25) is 0 Å². The number of nitrogens with zero attached hydrogens (tertiary/aromatic N) is 1. The summed E-state index contributed by atoms with van der Waals surface area (Å²) >= 11 is 0. The molecule has 0 saturated carbocycles. The lowest BCUT2D eigenvalue weighted by Crippen LogP contribution is -2.45. The first-order valence-corrected chi connectivity index (χ1v) is 4.83. The summed E-state index contributed by atoms with van der Waals surface area (Å²) in [6, 6.07) is -0.0344. The number of hydrogen-bond donors (Lipinski definition) is 1. The molecule has 0 radical (unpaired) electrons. The Hall–Kier alpha value is -0.770. The summed E-state index contributed by atoms with van der Waals surface area (Å²) in [7, 11) is 0. The highest BCUT2D eigenvalue weighted by Crippen LogP contribution is 2.17. The molecule has 13 heavy (non-hydrogen) atoms. The monoisotopic (exact) mass is 187 g/mol. The fourth-order valence-electron chi connectivity index (χ4n) is 1.64. The van der Waals surface area contributed by atoms with Crippen LogP contribution in [0.2, 0.25) is 0 Å². The molecule has 0 bridgehead atoms. The Labute approximate surface area is 78.5 Å². The number of aliphatic hydroxyl groups is 1. The second-order valence-electron chi connectivity index (χ2n) is 3.22. The van der Waals surface area contributed by atoms with Gasteiger partial charge in [-0.15, -0.1) is 0 Å². The molecule has 1 fully saturated rings. The van der Waals surface area contributed by atoms with Gasteiger partial charge in [0.15, 0.2) is 0 Å². The molecule has 1 aliphatic rings. The third kappa shape index (κ3) is 2.59. The standard InChI is InChI=1S/C9H17NO3/c1-2-13-9(12)10-6-4-3-5-8(10)7-11/h8,11H,2-7H2,1H3/t8-/m1/s1. The third-order valence-corrected chi connectivity index (χ3v) is 2.34. The lowest BCUT2D eigenvalue weighted by atomic mass is 10.0. The Morgan fingerprint density at radius 1 is 1.62 bits per heavy atom. The molecule has 0 aromatic carbocycles. The smallest absolute Gasteiger partial charge is 0.410 e. The largest absolute Gasteiger partial charge is 0.450 e. The molecule has 0 aliphatic carbocycles. The maximum atomic E-state index is 11.4. The van der Waals surface area contributed by atoms with Crippen molar-refractivity contribution in [1.82, 2.24) is 4.90 Å². The van der Waals surface area contributed by atoms with E-state index in [9.17, 15) is 4.79 Å². The van der Waals surface area contributed by atoms with E-state index in [2.05, 4.69) is 0 Å². The summed E-state index contributed by atoms with van der Waals surface area (Å²) in [5.74, 6) is 0. The Balaban J connectivity index is 2.48. The van der Waals surface area contributed by atoms with Gasteiger partial charge < -0.3 is 14.7 Å². The maximum absolute atomic E-state index is 11.4. The van der Waals surface area contributed by atoms with Crippen molar-refractivity contribution in [3.05, 3.63) is 0 Å². The van der Waals surface area contributed by atoms with Gasteiger partial charge in [-0.25, -0.2) is 4.79 Å². The van der Waals surface area contributed by atoms with Crippen molar-refractivity contribution in [3.63, 3.8) is 0 Å². The molecule has 1 N–H and O–H groups in total. The zero-order valence-electron chi connectivity index (χ0n) is 8.03. The molecule has 0 unspecified atom stereocenters. The fourth-order valence-corrected chi connectivity index (χ4v) is 1.64. The zero-order valence-corrected chi connectivity index (χ0v) is 8.03. The second-order valence-corrected chi connectivity index (χ2v) is 3.22. The maximum Gasteiger partial charge on any atom is 0.410 e. The predicted molar refractivity (Wildman–Crippen MR) is 48.5 cm³/mol. The quantitative estimate of drug-likeness (QED) is 0.701. The minimum atomic E-state index is -0.291. The average Bonchev–Trinajstić information content (AvgIpc) is 2.18. The van der Waals surface area contributed by atoms with Gasteiger partial charge in [-0.05, 0) is 26.2 Å². The highest BCUT2D eigenvalue weighted by atomic mass is 16.6. The van der Waals surface area contributed by atoms with Crippen LogP contribution in [-0.4, -0.2) is 41.9 Å². The van der Waals surface area contributed by atoms with Crippen molar-refractivity contribution < 1.29 is 14.6 Å². The fraction of sp³-hybridized carbons (Fsp3) is 0.889. The molecular formula is C9H17NO3. The number of rotatable bonds is 2. The van der Waals surface area contributed by atoms with Gasteiger partial charge >= 0.3 is 6.09 Å². The average molecular weight is 187 g/mol. The van der Waals surface area contributed by atoms with Crippen molar-refractivity contribution >= 4 is 6.09 Å². The number of piperidine rings is 1. The molecule has 1 atom stereocenters. The lowest BCUT2D eigenvalue weighted by Gasteiger charge is -2.33. The van der Waals surface area contributed by atoms with E-state index in [1.807, 2.05) is 0 Å². The van der Waals surface area contributed by atoms with Crippen molar-refractivity contribution in [2.24, 2.45) is 0 Å². The number of carbonyl (C=O) groups is 1. The van der Waals surface area contributed by atoms with E-state index in [1.165, 1.54) is 0 Å². The Bertz CT molecular complexity index is 172. The summed E-state index contributed by atoms with van der Waals surface area (Å²) in [6.45, 7) is 2.94. The number of likely N-dealkylation sites (tertiary alicyclic amines) is 1. The minimum absolute atomic E-state index is 0.0344. The second kappa shape index (κ2) is 5.07. The molecule has 1 heterocycles. The van der Waals surface area contributed by atoms with Crippen LogP contribution >= 0.6 is 0 Å². The summed E-state index contributed by atoms with van der Waals surface area (Å²) in [5.41, 5.74) is 0. The summed E-state index contributed by atoms with van der Waals surface area (Å²) in [4.78, 5) is 13.0. The van der Waals surface area contributed by atoms with Crippen molar-refractivity contribution in [3.8, 4) is 0 Å². The Morgan fingerprint density at radius 3 is 3.00 bits per heavy atom. The van der Waals surface area contributed by atoms with E-state index in [4.69, 9.17) is 9.84 Å². The van der Waals surface area contributed by atoms with Crippen molar-refractivity contribution in [2.45, 2.75) is 32.2 Å². The number of carbonyl (C=O) groups excluding carboxylic acids is 1. The molecule has 1 saturated heterocycles. The molecule has 76 valence electrons. The number of hydrogen-bond acceptors (Lipinski definition) is 3. The molecule has 0 aromatic rings. The molecule has 0 spiro atoms. The van der Waals surface area contributed by atoms with Crippen LogP contribution in [0.4, 0.5) is 4.79 Å². The number of aliphatic hydroxyl groups excluding tert-OH is 1. The molecule has 1 aliphatic heterocycles. The summed E-state index contributed by atoms with van der Waals surface area (Å²) in [5, 5.41) is 9.03. The molecule has 1 amide bonds. The van der Waals surface area contributed by atoms with E-state index < -0.39 is 0 Å². The van der Waals surface area contributed by atoms with Gasteiger partial charge in [0.1, 0.15) is 0 Å². The van der Waals surface area contributed by atoms with Gasteiger partial charge in [0.05, 0.1) is 19.3 Å². The topological polar surface area (TPSA) is 49.8 Å². The summed E-state index contributed by atoms with van der Waals surface area (Å²) in [6.07, 6.45) is 2.69. The predicted octanol–water partition coefficient (Wildman–Crippen LogP) is 0.990. The Morgan fingerprint density at radius 2 is 2.38 bits per heavy atom. The van der Waals surface area contributed by atoms with Crippen LogP contribution < -0.4 is 0 Å². The van der Waals surface area contributed by atoms with E-state index in [1.54, 1.807) is 11.8 Å². The molecule has 0 aromatic heterocycles. The van der Waals surface area contributed by atoms with Crippen LogP contribution in [0, 0.1) is 0 Å². The van der Waals surface area contributed by atoms with Crippen LogP contribution in [0.1, 0.15) is 26.2 Å². The van der Waals surface area contributed by atoms with Crippen LogP contribution in [-0.2, 0) is 4.74 Å². The highest BCUT2D eigenvalue weighted by Gasteiger charge is 2.26. The van der Waals surface area contributed by atoms with Crippen LogP contribution in [0.5, 0.6) is 0 Å². The van der Waals surface area contributed by atoms with Crippen LogP contribution in [0.3, 0.4) is 0 Å². The van der Waals surface area contributed by atoms with Gasteiger partial charge in [0, 0.05) is 6.54 Å². The van der Waals surface area contributed by atoms with E-state index in [0.717, 1.165) is 19.3 Å². The van der Waals surface area contributed by atoms with E-state index >= 15 is 0 Å². The molecule has 1 rings (SSSR count). The zero-order chi connectivity index (χ0) is 9.68. The first kappa shape index (κ1) is 10.3. The Kier molecular flexibility index (Phi) is 4.02. The number of amides is 1. The van der Waals surface area contributed by atoms with Crippen LogP contribution in [0.15, 0.2) is 0 Å². The van der Waals surface area contributed by atoms with Crippen molar-refractivity contribution in [2.75, 3.05) is 19.8 Å². The highest BCUT2D eigenvalue weighted by molar-refractivity contribution is 5.68. The van der Waals surface area contributed by atoms with E-state index in [0.29, 0.717) is 13.2 Å². The third-order valence-electron chi connectivity index (χ3n) is 2.34. The molecule has 4 nitrogen and oxygen atoms in total. The lowest BCUT2D eigenvalue weighted by molar-refractivity contribution is 0.0566. The minimum Gasteiger partial charge on any atom is -0.450 e. The SMILES string of the molecule is CCOC(=O)N1CCCC[C@@H]1CO. The van der Waals surface area contributed by atoms with Crippen LogP contribution in [0.25, 0.3) is 0 Å². The molecule has 4 heteroatoms.